The quantitative estimate of drug-likeness (QED) is 0.553. The van der Waals surface area contributed by atoms with Gasteiger partial charge in [-0.1, -0.05) is 31.5 Å². The van der Waals surface area contributed by atoms with E-state index in [-0.39, 0.29) is 0 Å². The molecule has 0 aliphatic heterocycles. The van der Waals surface area contributed by atoms with Crippen LogP contribution in [0.4, 0.5) is 0 Å². The van der Waals surface area contributed by atoms with Crippen LogP contribution in [0.3, 0.4) is 0 Å². The van der Waals surface area contributed by atoms with Crippen LogP contribution in [0.1, 0.15) is 26.7 Å². The highest BCUT2D eigenvalue weighted by atomic mass is 35.5. The fourth-order valence-electron chi connectivity index (χ4n) is 1.56. The van der Waals surface area contributed by atoms with E-state index in [0.717, 1.165) is 29.8 Å². The second-order valence-electron chi connectivity index (χ2n) is 4.59. The zero-order valence-electron chi connectivity index (χ0n) is 10.7. The van der Waals surface area contributed by atoms with Crippen molar-refractivity contribution in [3.05, 3.63) is 29.3 Å². The molecule has 1 N–H and O–H groups in total. The van der Waals surface area contributed by atoms with Crippen molar-refractivity contribution in [2.75, 3.05) is 18.8 Å². The number of rotatable bonds is 8. The van der Waals surface area contributed by atoms with Crippen LogP contribution in [0.15, 0.2) is 29.2 Å². The van der Waals surface area contributed by atoms with Crippen LogP contribution in [0.25, 0.3) is 0 Å². The molecule has 0 atom stereocenters. The van der Waals surface area contributed by atoms with Gasteiger partial charge in [0.15, 0.2) is 0 Å². The minimum atomic E-state index is 0.817. The topological polar surface area (TPSA) is 12.0 Å². The SMILES string of the molecule is CC(C)CCCNCCSc1cccc(Cl)c1. The standard InChI is InChI=1S/C14H22ClNS/c1-12(2)5-4-8-16-9-10-17-14-7-3-6-13(15)11-14/h3,6-7,11-12,16H,4-5,8-10H2,1-2H3. The molecule has 0 aromatic heterocycles. The highest BCUT2D eigenvalue weighted by Crippen LogP contribution is 2.20. The smallest absolute Gasteiger partial charge is 0.0417 e. The van der Waals surface area contributed by atoms with Crippen molar-refractivity contribution in [3.63, 3.8) is 0 Å². The molecule has 1 nitrogen and oxygen atoms in total. The van der Waals surface area contributed by atoms with Gasteiger partial charge >= 0.3 is 0 Å². The molecule has 0 aliphatic carbocycles. The highest BCUT2D eigenvalue weighted by Gasteiger charge is 1.96. The van der Waals surface area contributed by atoms with Gasteiger partial charge in [0.05, 0.1) is 0 Å². The largest absolute Gasteiger partial charge is 0.316 e. The zero-order valence-corrected chi connectivity index (χ0v) is 12.3. The van der Waals surface area contributed by atoms with Crippen molar-refractivity contribution in [3.8, 4) is 0 Å². The third kappa shape index (κ3) is 7.69. The van der Waals surface area contributed by atoms with Gasteiger partial charge in [-0.25, -0.2) is 0 Å². The van der Waals surface area contributed by atoms with E-state index in [1.54, 1.807) is 0 Å². The summed E-state index contributed by atoms with van der Waals surface area (Å²) in [5.41, 5.74) is 0. The monoisotopic (exact) mass is 271 g/mol. The highest BCUT2D eigenvalue weighted by molar-refractivity contribution is 7.99. The number of nitrogens with one attached hydrogen (secondary N) is 1. The van der Waals surface area contributed by atoms with E-state index in [2.05, 4.69) is 25.2 Å². The molecule has 1 aromatic carbocycles. The Morgan fingerprint density at radius 1 is 1.29 bits per heavy atom. The van der Waals surface area contributed by atoms with Gasteiger partial charge in [-0.15, -0.1) is 11.8 Å². The molecule has 0 fully saturated rings. The van der Waals surface area contributed by atoms with E-state index in [4.69, 9.17) is 11.6 Å². The molecular weight excluding hydrogens is 250 g/mol. The molecule has 0 amide bonds. The molecule has 1 aromatic rings. The molecule has 1 rings (SSSR count). The predicted octanol–water partition coefficient (Wildman–Crippen LogP) is 4.46. The van der Waals surface area contributed by atoms with Crippen molar-refractivity contribution < 1.29 is 0 Å². The molecule has 0 unspecified atom stereocenters. The molecule has 0 saturated carbocycles. The van der Waals surface area contributed by atoms with Gasteiger partial charge < -0.3 is 5.32 Å². The van der Waals surface area contributed by atoms with Crippen molar-refractivity contribution in [2.45, 2.75) is 31.6 Å². The maximum absolute atomic E-state index is 5.93. The number of hydrogen-bond acceptors (Lipinski definition) is 2. The summed E-state index contributed by atoms with van der Waals surface area (Å²) in [6, 6.07) is 8.04. The van der Waals surface area contributed by atoms with Crippen molar-refractivity contribution in [1.82, 2.24) is 5.32 Å². The Balaban J connectivity index is 2.01. The van der Waals surface area contributed by atoms with E-state index < -0.39 is 0 Å². The van der Waals surface area contributed by atoms with Gasteiger partial charge in [-0.2, -0.15) is 0 Å². The summed E-state index contributed by atoms with van der Waals surface area (Å²) in [6.45, 7) is 6.74. The number of thioether (sulfide) groups is 1. The summed E-state index contributed by atoms with van der Waals surface area (Å²) in [5.74, 6) is 1.92. The Kier molecular flexibility index (Phi) is 7.74. The van der Waals surface area contributed by atoms with Crippen LogP contribution in [0.2, 0.25) is 5.02 Å². The summed E-state index contributed by atoms with van der Waals surface area (Å²) >= 11 is 7.78. The molecule has 0 radical (unpaired) electrons. The normalized spacial score (nSPS) is 11.1. The van der Waals surface area contributed by atoms with E-state index in [1.165, 1.54) is 17.7 Å². The second-order valence-corrected chi connectivity index (χ2v) is 6.20. The average molecular weight is 272 g/mol. The van der Waals surface area contributed by atoms with E-state index in [1.807, 2.05) is 30.0 Å². The maximum atomic E-state index is 5.93. The zero-order chi connectivity index (χ0) is 12.5. The third-order valence-electron chi connectivity index (χ3n) is 2.48. The van der Waals surface area contributed by atoms with Crippen molar-refractivity contribution in [1.29, 1.82) is 0 Å². The molecule has 3 heteroatoms. The van der Waals surface area contributed by atoms with Gasteiger partial charge in [0.2, 0.25) is 0 Å². The average Bonchev–Trinajstić information content (AvgIpc) is 2.27. The first-order valence-electron chi connectivity index (χ1n) is 6.27. The van der Waals surface area contributed by atoms with E-state index >= 15 is 0 Å². The summed E-state index contributed by atoms with van der Waals surface area (Å²) in [6.07, 6.45) is 2.59. The minimum absolute atomic E-state index is 0.817. The summed E-state index contributed by atoms with van der Waals surface area (Å²) in [5, 5.41) is 4.29. The Morgan fingerprint density at radius 3 is 2.82 bits per heavy atom. The second kappa shape index (κ2) is 8.84. The molecule has 0 saturated heterocycles. The number of benzene rings is 1. The van der Waals surface area contributed by atoms with Crippen LogP contribution >= 0.6 is 23.4 Å². The van der Waals surface area contributed by atoms with Gasteiger partial charge in [-0.05, 0) is 43.5 Å². The van der Waals surface area contributed by atoms with Crippen LogP contribution in [0.5, 0.6) is 0 Å². The first kappa shape index (κ1) is 14.9. The van der Waals surface area contributed by atoms with Crippen LogP contribution < -0.4 is 5.32 Å². The lowest BCUT2D eigenvalue weighted by atomic mass is 10.1. The first-order chi connectivity index (χ1) is 8.18. The van der Waals surface area contributed by atoms with Gasteiger partial charge in [0.25, 0.3) is 0 Å². The fourth-order valence-corrected chi connectivity index (χ4v) is 2.68. The van der Waals surface area contributed by atoms with Crippen molar-refractivity contribution >= 4 is 23.4 Å². The Bertz CT molecular complexity index is 315. The minimum Gasteiger partial charge on any atom is -0.316 e. The van der Waals surface area contributed by atoms with Crippen molar-refractivity contribution in [2.24, 2.45) is 5.92 Å². The van der Waals surface area contributed by atoms with Crippen LogP contribution in [0, 0.1) is 5.92 Å². The Labute approximate surface area is 114 Å². The Hall–Kier alpha value is -0.180. The summed E-state index contributed by atoms with van der Waals surface area (Å²) in [7, 11) is 0. The number of halogens is 1. The third-order valence-corrected chi connectivity index (χ3v) is 3.71. The van der Waals surface area contributed by atoms with E-state index in [9.17, 15) is 0 Å². The fraction of sp³-hybridized carbons (Fsp3) is 0.571. The van der Waals surface area contributed by atoms with E-state index in [0.29, 0.717) is 0 Å². The maximum Gasteiger partial charge on any atom is 0.0417 e. The predicted molar refractivity (Wildman–Crippen MR) is 79.1 cm³/mol. The molecule has 96 valence electrons. The van der Waals surface area contributed by atoms with Gasteiger partial charge in [0.1, 0.15) is 0 Å². The number of hydrogen-bond donors (Lipinski definition) is 1. The molecule has 0 heterocycles. The summed E-state index contributed by atoms with van der Waals surface area (Å²) in [4.78, 5) is 1.25. The Morgan fingerprint density at radius 2 is 2.12 bits per heavy atom. The summed E-state index contributed by atoms with van der Waals surface area (Å²) < 4.78 is 0. The lowest BCUT2D eigenvalue weighted by Gasteiger charge is -2.06. The molecule has 0 spiro atoms. The molecular formula is C14H22ClNS. The molecule has 0 aliphatic rings. The first-order valence-corrected chi connectivity index (χ1v) is 7.64. The molecule has 17 heavy (non-hydrogen) atoms. The van der Waals surface area contributed by atoms with Gasteiger partial charge in [0, 0.05) is 22.2 Å². The molecule has 0 bridgehead atoms. The van der Waals surface area contributed by atoms with Crippen LogP contribution in [-0.2, 0) is 0 Å². The lowest BCUT2D eigenvalue weighted by molar-refractivity contribution is 0.534. The van der Waals surface area contributed by atoms with Gasteiger partial charge in [-0.3, -0.25) is 0 Å². The lowest BCUT2D eigenvalue weighted by Crippen LogP contribution is -2.18. The van der Waals surface area contributed by atoms with Crippen LogP contribution in [-0.4, -0.2) is 18.8 Å².